The lowest BCUT2D eigenvalue weighted by atomic mass is 10.00. The largest absolute Gasteiger partial charge is 0.308 e. The second kappa shape index (κ2) is 9.16. The lowest BCUT2D eigenvalue weighted by molar-refractivity contribution is 1.02. The van der Waals surface area contributed by atoms with E-state index in [0.717, 1.165) is 38.6 Å². The summed E-state index contributed by atoms with van der Waals surface area (Å²) in [6.07, 6.45) is 0. The van der Waals surface area contributed by atoms with Crippen LogP contribution < -0.4 is 0 Å². The van der Waals surface area contributed by atoms with E-state index in [2.05, 4.69) is 117 Å². The number of hydrogen-bond donors (Lipinski definition) is 0. The lowest BCUT2D eigenvalue weighted by Gasteiger charge is -2.12. The van der Waals surface area contributed by atoms with E-state index in [0.29, 0.717) is 11.6 Å². The van der Waals surface area contributed by atoms with E-state index in [-0.39, 0.29) is 0 Å². The van der Waals surface area contributed by atoms with Gasteiger partial charge in [-0.3, -0.25) is 4.57 Å². The van der Waals surface area contributed by atoms with E-state index in [9.17, 15) is 0 Å². The van der Waals surface area contributed by atoms with Crippen molar-refractivity contribution in [1.29, 1.82) is 0 Å². The predicted molar refractivity (Wildman–Crippen MR) is 198 cm³/mol. The first-order valence-corrected chi connectivity index (χ1v) is 16.1. The van der Waals surface area contributed by atoms with Crippen molar-refractivity contribution >= 4 is 87.3 Å². The summed E-state index contributed by atoms with van der Waals surface area (Å²) in [5, 5.41) is 10.7. The third-order valence-electron chi connectivity index (χ3n) is 10.0. The van der Waals surface area contributed by atoms with Crippen molar-refractivity contribution in [3.8, 4) is 17.2 Å². The van der Waals surface area contributed by atoms with Crippen LogP contribution in [0, 0.1) is 6.57 Å². The highest BCUT2D eigenvalue weighted by atomic mass is 15.2. The maximum atomic E-state index is 7.46. The van der Waals surface area contributed by atoms with E-state index in [4.69, 9.17) is 16.5 Å². The summed E-state index contributed by atoms with van der Waals surface area (Å²) in [5.74, 6) is 0.621. The van der Waals surface area contributed by atoms with Gasteiger partial charge in [0.2, 0.25) is 5.95 Å². The Morgan fingerprint density at radius 1 is 0.500 bits per heavy atom. The van der Waals surface area contributed by atoms with Crippen LogP contribution >= 0.6 is 0 Å². The minimum Gasteiger partial charge on any atom is -0.308 e. The molecule has 0 amide bonds. The number of fused-ring (bicyclic) bond motifs is 13. The normalized spacial score (nSPS) is 12.1. The first-order chi connectivity index (χ1) is 23.8. The van der Waals surface area contributed by atoms with Gasteiger partial charge < -0.3 is 4.40 Å². The number of benzene rings is 7. The zero-order chi connectivity index (χ0) is 31.5. The Morgan fingerprint density at radius 3 is 1.98 bits per heavy atom. The predicted octanol–water partition coefficient (Wildman–Crippen LogP) is 11.2. The minimum absolute atomic E-state index is 0.605. The number of nitrogens with zero attached hydrogens (tertiary/aromatic N) is 5. The van der Waals surface area contributed by atoms with E-state index in [1.165, 1.54) is 54.3 Å². The third kappa shape index (κ3) is 3.18. The molecule has 48 heavy (non-hydrogen) atoms. The molecule has 0 unspecified atom stereocenters. The van der Waals surface area contributed by atoms with E-state index >= 15 is 0 Å². The SMILES string of the molecule is [C-]#[N+]c1ccc(-c2nc(-n3c4ccccc4c4cc5c6ccccc6n6c7ccc8ccccc8c7c(c43)c56)nc3ccccc23)cc1. The maximum Gasteiger partial charge on any atom is 0.235 e. The second-order valence-corrected chi connectivity index (χ2v) is 12.5. The van der Waals surface area contributed by atoms with Gasteiger partial charge in [0, 0.05) is 37.7 Å². The molecule has 220 valence electrons. The van der Waals surface area contributed by atoms with Crippen molar-refractivity contribution in [2.24, 2.45) is 0 Å². The average molecular weight is 610 g/mol. The molecule has 0 saturated heterocycles. The average Bonchev–Trinajstić information content (AvgIpc) is 3.79. The summed E-state index contributed by atoms with van der Waals surface area (Å²) in [6, 6.07) is 48.8. The monoisotopic (exact) mass is 609 g/mol. The molecule has 4 aromatic heterocycles. The van der Waals surface area contributed by atoms with Crippen molar-refractivity contribution in [3.05, 3.63) is 151 Å². The van der Waals surface area contributed by atoms with Gasteiger partial charge in [-0.05, 0) is 46.7 Å². The number of hydrogen-bond acceptors (Lipinski definition) is 2. The summed E-state index contributed by atoms with van der Waals surface area (Å²) in [4.78, 5) is 14.2. The molecule has 0 atom stereocenters. The molecule has 0 N–H and O–H groups in total. The molecule has 0 bridgehead atoms. The fourth-order valence-electron chi connectivity index (χ4n) is 8.05. The first kappa shape index (κ1) is 25.4. The molecule has 5 heteroatoms. The summed E-state index contributed by atoms with van der Waals surface area (Å²) >= 11 is 0. The van der Waals surface area contributed by atoms with Crippen LogP contribution in [0.4, 0.5) is 5.69 Å². The van der Waals surface area contributed by atoms with Gasteiger partial charge in [-0.15, -0.1) is 0 Å². The van der Waals surface area contributed by atoms with Crippen molar-refractivity contribution in [2.45, 2.75) is 0 Å². The third-order valence-corrected chi connectivity index (χ3v) is 10.0. The Hall–Kier alpha value is -6.77. The Balaban J connectivity index is 1.39. The smallest absolute Gasteiger partial charge is 0.235 e. The van der Waals surface area contributed by atoms with Crippen molar-refractivity contribution < 1.29 is 0 Å². The van der Waals surface area contributed by atoms with Crippen LogP contribution in [0.25, 0.3) is 104 Å². The molecule has 11 aromatic rings. The zero-order valence-corrected chi connectivity index (χ0v) is 25.5. The molecule has 0 fully saturated rings. The van der Waals surface area contributed by atoms with Gasteiger partial charge >= 0.3 is 0 Å². The van der Waals surface area contributed by atoms with Crippen LogP contribution in [-0.2, 0) is 0 Å². The van der Waals surface area contributed by atoms with E-state index in [1.54, 1.807) is 0 Å². The van der Waals surface area contributed by atoms with Gasteiger partial charge in [-0.25, -0.2) is 14.8 Å². The van der Waals surface area contributed by atoms with Crippen molar-refractivity contribution in [1.82, 2.24) is 18.9 Å². The standard InChI is InChI=1S/C43H23N5/c1-44-27-21-18-26(19-22-27)40-31-14-4-7-15-34(31)45-43(46-40)48-36-17-9-6-13-30(36)33-24-32-29-12-5-8-16-35(29)47-37-23-20-25-10-2-3-11-28(25)38(37)39(41(32)47)42(33)48/h2-24H. The number of para-hydroxylation sites is 3. The van der Waals surface area contributed by atoms with Crippen LogP contribution in [0.15, 0.2) is 140 Å². The summed E-state index contributed by atoms with van der Waals surface area (Å²) in [6.45, 7) is 7.46. The van der Waals surface area contributed by atoms with Crippen LogP contribution in [0.2, 0.25) is 0 Å². The molecule has 0 spiro atoms. The second-order valence-electron chi connectivity index (χ2n) is 12.5. The highest BCUT2D eigenvalue weighted by Gasteiger charge is 2.26. The molecule has 11 rings (SSSR count). The molecule has 5 nitrogen and oxygen atoms in total. The molecule has 0 aliphatic rings. The lowest BCUT2D eigenvalue weighted by Crippen LogP contribution is -2.03. The van der Waals surface area contributed by atoms with Gasteiger partial charge in [0.15, 0.2) is 5.69 Å². The Labute approximate surface area is 273 Å². The highest BCUT2D eigenvalue weighted by molar-refractivity contribution is 6.37. The summed E-state index contributed by atoms with van der Waals surface area (Å²) < 4.78 is 4.73. The molecule has 0 aliphatic carbocycles. The van der Waals surface area contributed by atoms with Crippen LogP contribution in [0.5, 0.6) is 0 Å². The van der Waals surface area contributed by atoms with E-state index in [1.807, 2.05) is 36.4 Å². The minimum atomic E-state index is 0.605. The summed E-state index contributed by atoms with van der Waals surface area (Å²) in [5.41, 5.74) is 9.05. The van der Waals surface area contributed by atoms with Crippen molar-refractivity contribution in [3.63, 3.8) is 0 Å². The molecular formula is C43H23N5. The zero-order valence-electron chi connectivity index (χ0n) is 25.5. The van der Waals surface area contributed by atoms with Gasteiger partial charge in [0.1, 0.15) is 0 Å². The van der Waals surface area contributed by atoms with Gasteiger partial charge in [0.05, 0.1) is 45.4 Å². The number of rotatable bonds is 2. The summed E-state index contributed by atoms with van der Waals surface area (Å²) in [7, 11) is 0. The number of aromatic nitrogens is 4. The van der Waals surface area contributed by atoms with Gasteiger partial charge in [0.25, 0.3) is 0 Å². The fourth-order valence-corrected chi connectivity index (χ4v) is 8.05. The maximum absolute atomic E-state index is 7.46. The quantitative estimate of drug-likeness (QED) is 0.183. The molecule has 0 saturated carbocycles. The van der Waals surface area contributed by atoms with Crippen LogP contribution in [0.1, 0.15) is 0 Å². The Kier molecular flexibility index (Phi) is 4.85. The Morgan fingerprint density at radius 2 is 1.17 bits per heavy atom. The molecule has 7 aromatic carbocycles. The molecule has 0 aliphatic heterocycles. The van der Waals surface area contributed by atoms with Gasteiger partial charge in [-0.2, -0.15) is 0 Å². The van der Waals surface area contributed by atoms with Crippen molar-refractivity contribution in [2.75, 3.05) is 0 Å². The fraction of sp³-hybridized carbons (Fsp3) is 0. The van der Waals surface area contributed by atoms with Crippen LogP contribution in [-0.4, -0.2) is 18.9 Å². The highest BCUT2D eigenvalue weighted by Crippen LogP contribution is 2.48. The van der Waals surface area contributed by atoms with Crippen LogP contribution in [0.3, 0.4) is 0 Å². The molecular weight excluding hydrogens is 587 g/mol. The van der Waals surface area contributed by atoms with E-state index < -0.39 is 0 Å². The topological polar surface area (TPSA) is 39.5 Å². The first-order valence-electron chi connectivity index (χ1n) is 16.1. The van der Waals surface area contributed by atoms with Gasteiger partial charge in [-0.1, -0.05) is 109 Å². The molecule has 4 heterocycles. The molecule has 0 radical (unpaired) electrons. The Bertz CT molecular complexity index is 3170.